The molecule has 0 aliphatic carbocycles. The van der Waals surface area contributed by atoms with Crippen molar-refractivity contribution in [2.75, 3.05) is 13.6 Å². The molecule has 5 nitrogen and oxygen atoms in total. The number of aryl methyl sites for hydroxylation is 1. The molecule has 2 atom stereocenters. The van der Waals surface area contributed by atoms with Gasteiger partial charge in [-0.2, -0.15) is 0 Å². The van der Waals surface area contributed by atoms with Gasteiger partial charge in [-0.15, -0.1) is 0 Å². The molecule has 0 saturated carbocycles. The summed E-state index contributed by atoms with van der Waals surface area (Å²) in [6.07, 6.45) is 0.823. The number of aromatic nitrogens is 1. The van der Waals surface area contributed by atoms with Crippen molar-refractivity contribution in [2.24, 2.45) is 0 Å². The number of fused-ring (bicyclic) bond motifs is 3. The Labute approximate surface area is 195 Å². The maximum atomic E-state index is 12.6. The number of para-hydroxylation sites is 1. The third-order valence-electron chi connectivity index (χ3n) is 6.93. The van der Waals surface area contributed by atoms with Gasteiger partial charge in [-0.25, -0.2) is 0 Å². The minimum absolute atomic E-state index is 0.0993. The van der Waals surface area contributed by atoms with E-state index >= 15 is 0 Å². The number of nitrogens with zero attached hydrogens (tertiary/aromatic N) is 2. The highest BCUT2D eigenvalue weighted by atomic mass is 16.2. The van der Waals surface area contributed by atoms with Crippen LogP contribution in [0.2, 0.25) is 0 Å². The van der Waals surface area contributed by atoms with Crippen LogP contribution in [0.3, 0.4) is 0 Å². The minimum Gasteiger partial charge on any atom is -0.358 e. The first-order valence-electron chi connectivity index (χ1n) is 11.9. The molecular formula is C28H32N4O. The summed E-state index contributed by atoms with van der Waals surface area (Å²) in [6, 6.07) is 26.0. The molecule has 1 amide bonds. The summed E-state index contributed by atoms with van der Waals surface area (Å²) in [5.41, 5.74) is 5.10. The molecule has 5 rings (SSSR count). The summed E-state index contributed by atoms with van der Waals surface area (Å²) in [5, 5.41) is 9.20. The van der Waals surface area contributed by atoms with Crippen LogP contribution in [0.25, 0.3) is 21.8 Å². The quantitative estimate of drug-likeness (QED) is 0.451. The van der Waals surface area contributed by atoms with E-state index < -0.39 is 0 Å². The molecule has 4 aromatic rings. The first kappa shape index (κ1) is 21.7. The number of hydrogen-bond donors (Lipinski definition) is 2. The second-order valence-corrected chi connectivity index (χ2v) is 8.97. The average molecular weight is 441 g/mol. The second kappa shape index (κ2) is 9.38. The lowest BCUT2D eigenvalue weighted by Gasteiger charge is -2.22. The normalized spacial score (nSPS) is 18.8. The standard InChI is InChI=1S/C28H32N4O/c1-3-32-25-12-8-7-11-23(25)24-15-21(13-14-26(24)32)17-30-22-16-27(28(33)29-2)31(19-22)18-20-9-5-4-6-10-20/h4-15,22,27,30H,3,16-19H2,1-2H3,(H,29,33)/t22-,27+/m1/s1. The smallest absolute Gasteiger partial charge is 0.237 e. The van der Waals surface area contributed by atoms with Gasteiger partial charge in [0.15, 0.2) is 0 Å². The van der Waals surface area contributed by atoms with Crippen LogP contribution in [0.15, 0.2) is 72.8 Å². The van der Waals surface area contributed by atoms with E-state index in [4.69, 9.17) is 0 Å². The van der Waals surface area contributed by atoms with Crippen molar-refractivity contribution in [1.82, 2.24) is 20.1 Å². The lowest BCUT2D eigenvalue weighted by atomic mass is 10.1. The topological polar surface area (TPSA) is 49.3 Å². The van der Waals surface area contributed by atoms with Crippen molar-refractivity contribution in [3.05, 3.63) is 83.9 Å². The van der Waals surface area contributed by atoms with E-state index in [2.05, 4.69) is 93.8 Å². The van der Waals surface area contributed by atoms with E-state index in [1.807, 2.05) is 6.07 Å². The summed E-state index contributed by atoms with van der Waals surface area (Å²) >= 11 is 0. The van der Waals surface area contributed by atoms with Crippen molar-refractivity contribution in [2.45, 2.75) is 45.1 Å². The molecule has 1 aliphatic heterocycles. The molecule has 0 bridgehead atoms. The lowest BCUT2D eigenvalue weighted by Crippen LogP contribution is -2.41. The number of hydrogen-bond acceptors (Lipinski definition) is 3. The zero-order chi connectivity index (χ0) is 22.8. The monoisotopic (exact) mass is 440 g/mol. The minimum atomic E-state index is -0.0993. The van der Waals surface area contributed by atoms with Crippen LogP contribution >= 0.6 is 0 Å². The first-order chi connectivity index (χ1) is 16.2. The second-order valence-electron chi connectivity index (χ2n) is 8.97. The fraction of sp³-hybridized carbons (Fsp3) is 0.321. The highest BCUT2D eigenvalue weighted by Crippen LogP contribution is 2.30. The van der Waals surface area contributed by atoms with E-state index in [0.29, 0.717) is 0 Å². The predicted molar refractivity (Wildman–Crippen MR) is 135 cm³/mol. The lowest BCUT2D eigenvalue weighted by molar-refractivity contribution is -0.125. The summed E-state index contributed by atoms with van der Waals surface area (Å²) in [6.45, 7) is 5.61. The van der Waals surface area contributed by atoms with Crippen LogP contribution in [-0.2, 0) is 24.4 Å². The van der Waals surface area contributed by atoms with Crippen molar-refractivity contribution < 1.29 is 4.79 Å². The zero-order valence-corrected chi connectivity index (χ0v) is 19.4. The van der Waals surface area contributed by atoms with Crippen LogP contribution in [0.4, 0.5) is 0 Å². The summed E-state index contributed by atoms with van der Waals surface area (Å²) in [7, 11) is 1.73. The Morgan fingerprint density at radius 2 is 1.70 bits per heavy atom. The molecule has 1 aromatic heterocycles. The van der Waals surface area contributed by atoms with E-state index in [1.165, 1.54) is 32.9 Å². The molecule has 0 unspecified atom stereocenters. The molecule has 1 aliphatic rings. The van der Waals surface area contributed by atoms with Gasteiger partial charge in [0.2, 0.25) is 5.91 Å². The van der Waals surface area contributed by atoms with Crippen LogP contribution in [0.1, 0.15) is 24.5 Å². The van der Waals surface area contributed by atoms with E-state index in [-0.39, 0.29) is 18.0 Å². The number of amides is 1. The Kier molecular flexibility index (Phi) is 6.16. The summed E-state index contributed by atoms with van der Waals surface area (Å²) in [4.78, 5) is 14.8. The number of carbonyl (C=O) groups excluding carboxylic acids is 1. The van der Waals surface area contributed by atoms with Gasteiger partial charge in [0.05, 0.1) is 6.04 Å². The third-order valence-corrected chi connectivity index (χ3v) is 6.93. The third kappa shape index (κ3) is 4.26. The van der Waals surface area contributed by atoms with Gasteiger partial charge in [0, 0.05) is 61.1 Å². The summed E-state index contributed by atoms with van der Waals surface area (Å²) < 4.78 is 2.38. The molecule has 0 radical (unpaired) electrons. The molecule has 1 saturated heterocycles. The molecule has 2 N–H and O–H groups in total. The van der Waals surface area contributed by atoms with E-state index in [9.17, 15) is 4.79 Å². The van der Waals surface area contributed by atoms with Gasteiger partial charge in [-0.05, 0) is 42.7 Å². The SMILES string of the molecule is CCn1c2ccccc2c2cc(CN[C@@H]3C[C@@H](C(=O)NC)N(Cc4ccccc4)C3)ccc21. The van der Waals surface area contributed by atoms with Gasteiger partial charge in [-0.3, -0.25) is 9.69 Å². The Balaban J connectivity index is 1.32. The number of likely N-dealkylation sites (N-methyl/N-ethyl adjacent to an activating group) is 1. The average Bonchev–Trinajstić information content (AvgIpc) is 3.41. The zero-order valence-electron chi connectivity index (χ0n) is 19.4. The molecule has 170 valence electrons. The van der Waals surface area contributed by atoms with Crippen molar-refractivity contribution in [3.63, 3.8) is 0 Å². The fourth-order valence-corrected chi connectivity index (χ4v) is 5.30. The van der Waals surface area contributed by atoms with Crippen molar-refractivity contribution >= 4 is 27.7 Å². The van der Waals surface area contributed by atoms with Crippen molar-refractivity contribution in [3.8, 4) is 0 Å². The van der Waals surface area contributed by atoms with Gasteiger partial charge in [-0.1, -0.05) is 54.6 Å². The van der Waals surface area contributed by atoms with Gasteiger partial charge in [0.1, 0.15) is 0 Å². The Morgan fingerprint density at radius 3 is 2.48 bits per heavy atom. The van der Waals surface area contributed by atoms with Crippen LogP contribution in [0.5, 0.6) is 0 Å². The molecular weight excluding hydrogens is 408 g/mol. The Morgan fingerprint density at radius 1 is 0.939 bits per heavy atom. The van der Waals surface area contributed by atoms with E-state index in [1.54, 1.807) is 7.05 Å². The van der Waals surface area contributed by atoms with Gasteiger partial charge < -0.3 is 15.2 Å². The summed E-state index contributed by atoms with van der Waals surface area (Å²) in [5.74, 6) is 0.101. The molecule has 3 aromatic carbocycles. The van der Waals surface area contributed by atoms with Crippen LogP contribution < -0.4 is 10.6 Å². The number of nitrogens with one attached hydrogen (secondary N) is 2. The molecule has 33 heavy (non-hydrogen) atoms. The highest BCUT2D eigenvalue weighted by molar-refractivity contribution is 6.08. The number of rotatable bonds is 7. The fourth-order valence-electron chi connectivity index (χ4n) is 5.30. The maximum absolute atomic E-state index is 12.6. The molecule has 1 fully saturated rings. The Hall–Kier alpha value is -3.15. The number of carbonyl (C=O) groups is 1. The predicted octanol–water partition coefficient (Wildman–Crippen LogP) is 4.29. The van der Waals surface area contributed by atoms with Crippen molar-refractivity contribution in [1.29, 1.82) is 0 Å². The maximum Gasteiger partial charge on any atom is 0.237 e. The van der Waals surface area contributed by atoms with Gasteiger partial charge in [0.25, 0.3) is 0 Å². The number of benzene rings is 3. The first-order valence-corrected chi connectivity index (χ1v) is 11.9. The van der Waals surface area contributed by atoms with Gasteiger partial charge >= 0.3 is 0 Å². The van der Waals surface area contributed by atoms with Crippen LogP contribution in [0, 0.1) is 0 Å². The molecule has 5 heteroatoms. The molecule has 0 spiro atoms. The molecule has 2 heterocycles. The Bertz CT molecular complexity index is 1260. The van der Waals surface area contributed by atoms with Crippen LogP contribution in [-0.4, -0.2) is 41.1 Å². The van der Waals surface area contributed by atoms with E-state index in [0.717, 1.165) is 32.6 Å². The highest BCUT2D eigenvalue weighted by Gasteiger charge is 2.36. The number of likely N-dealkylation sites (tertiary alicyclic amines) is 1. The largest absolute Gasteiger partial charge is 0.358 e.